The summed E-state index contributed by atoms with van der Waals surface area (Å²) in [5.41, 5.74) is 18.4. The van der Waals surface area contributed by atoms with Crippen molar-refractivity contribution in [2.75, 3.05) is 4.90 Å². The van der Waals surface area contributed by atoms with Crippen molar-refractivity contribution in [1.29, 1.82) is 0 Å². The molecule has 8 aromatic rings. The molecule has 52 heavy (non-hydrogen) atoms. The third-order valence-electron chi connectivity index (χ3n) is 10.7. The molecule has 0 radical (unpaired) electrons. The van der Waals surface area contributed by atoms with Gasteiger partial charge in [0.15, 0.2) is 0 Å². The van der Waals surface area contributed by atoms with E-state index < -0.39 is 0 Å². The molecule has 0 unspecified atom stereocenters. The first-order chi connectivity index (χ1) is 25.6. The Morgan fingerprint density at radius 1 is 0.308 bits per heavy atom. The molecule has 0 aromatic heterocycles. The van der Waals surface area contributed by atoms with E-state index in [1.54, 1.807) is 0 Å². The van der Waals surface area contributed by atoms with Gasteiger partial charge in [-0.2, -0.15) is 0 Å². The highest BCUT2D eigenvalue weighted by Gasteiger charge is 2.36. The van der Waals surface area contributed by atoms with Crippen LogP contribution in [0.5, 0.6) is 0 Å². The van der Waals surface area contributed by atoms with E-state index in [2.05, 4.69) is 219 Å². The third kappa shape index (κ3) is 5.52. The lowest BCUT2D eigenvalue weighted by atomic mass is 9.81. The molecule has 1 nitrogen and oxygen atoms in total. The minimum Gasteiger partial charge on any atom is -0.310 e. The number of nitrogens with zero attached hydrogens (tertiary/aromatic N) is 1. The second kappa shape index (κ2) is 13.0. The van der Waals surface area contributed by atoms with Crippen molar-refractivity contribution in [2.24, 2.45) is 0 Å². The maximum absolute atomic E-state index is 2.43. The second-order valence-electron chi connectivity index (χ2n) is 14.2. The number of hydrogen-bond donors (Lipinski definition) is 0. The van der Waals surface area contributed by atoms with Crippen molar-refractivity contribution in [1.82, 2.24) is 0 Å². The molecule has 0 heterocycles. The average Bonchev–Trinajstić information content (AvgIpc) is 3.44. The lowest BCUT2D eigenvalue weighted by Gasteiger charge is -2.30. The van der Waals surface area contributed by atoms with Crippen molar-refractivity contribution in [3.05, 3.63) is 211 Å². The van der Waals surface area contributed by atoms with E-state index in [-0.39, 0.29) is 5.41 Å². The zero-order valence-corrected chi connectivity index (χ0v) is 29.5. The first kappa shape index (κ1) is 31.5. The zero-order valence-electron chi connectivity index (χ0n) is 29.5. The molecule has 0 aliphatic heterocycles. The van der Waals surface area contributed by atoms with Crippen LogP contribution in [0.4, 0.5) is 17.1 Å². The monoisotopic (exact) mass is 665 g/mol. The summed E-state index contributed by atoms with van der Waals surface area (Å²) in [7, 11) is 0. The topological polar surface area (TPSA) is 3.24 Å². The minimum atomic E-state index is -0.187. The Bertz CT molecular complexity index is 2510. The van der Waals surface area contributed by atoms with Gasteiger partial charge in [0.2, 0.25) is 0 Å². The zero-order chi connectivity index (χ0) is 35.1. The quantitative estimate of drug-likeness (QED) is 0.164. The van der Waals surface area contributed by atoms with Crippen LogP contribution in [0.2, 0.25) is 0 Å². The predicted molar refractivity (Wildman–Crippen MR) is 220 cm³/mol. The molecule has 0 fully saturated rings. The third-order valence-corrected chi connectivity index (χ3v) is 10.7. The van der Waals surface area contributed by atoms with Gasteiger partial charge in [-0.25, -0.2) is 0 Å². The Balaban J connectivity index is 1.13. The summed E-state index contributed by atoms with van der Waals surface area (Å²) >= 11 is 0. The van der Waals surface area contributed by atoms with Crippen LogP contribution in [0.3, 0.4) is 0 Å². The van der Waals surface area contributed by atoms with Crippen molar-refractivity contribution >= 4 is 17.1 Å². The van der Waals surface area contributed by atoms with Crippen molar-refractivity contribution < 1.29 is 0 Å². The molecule has 0 amide bonds. The molecule has 248 valence electrons. The molecule has 0 saturated carbocycles. The van der Waals surface area contributed by atoms with Crippen LogP contribution in [0.25, 0.3) is 55.6 Å². The lowest BCUT2D eigenvalue weighted by Crippen LogP contribution is -2.17. The van der Waals surface area contributed by atoms with E-state index >= 15 is 0 Å². The highest BCUT2D eigenvalue weighted by Crippen LogP contribution is 2.52. The molecular formula is C51H39N. The molecule has 1 heteroatoms. The maximum atomic E-state index is 2.43. The normalized spacial score (nSPS) is 12.6. The molecule has 1 aliphatic carbocycles. The van der Waals surface area contributed by atoms with Gasteiger partial charge >= 0.3 is 0 Å². The van der Waals surface area contributed by atoms with Gasteiger partial charge in [-0.15, -0.1) is 0 Å². The lowest BCUT2D eigenvalue weighted by molar-refractivity contribution is 0.660. The predicted octanol–water partition coefficient (Wildman–Crippen LogP) is 14.1. The molecule has 0 saturated heterocycles. The summed E-state index contributed by atoms with van der Waals surface area (Å²) in [4.78, 5) is 2.42. The highest BCUT2D eigenvalue weighted by atomic mass is 15.1. The van der Waals surface area contributed by atoms with E-state index in [1.165, 1.54) is 66.8 Å². The Hall–Kier alpha value is -6.44. The fraction of sp³-hybridized carbons (Fsp3) is 0.0588. The molecule has 0 bridgehead atoms. The number of rotatable bonds is 7. The first-order valence-electron chi connectivity index (χ1n) is 18.1. The smallest absolute Gasteiger partial charge is 0.0540 e. The second-order valence-corrected chi connectivity index (χ2v) is 14.2. The molecule has 0 N–H and O–H groups in total. The molecule has 0 atom stereocenters. The number of fused-ring (bicyclic) bond motifs is 3. The molecule has 1 aliphatic rings. The van der Waals surface area contributed by atoms with E-state index in [0.717, 1.165) is 17.1 Å². The van der Waals surface area contributed by atoms with E-state index in [4.69, 9.17) is 0 Å². The summed E-state index contributed by atoms with van der Waals surface area (Å²) in [6, 6.07) is 72.7. The molecule has 9 rings (SSSR count). The van der Waals surface area contributed by atoms with Crippen LogP contribution in [0.1, 0.15) is 25.0 Å². The number of para-hydroxylation sites is 2. The molecule has 0 spiro atoms. The fourth-order valence-corrected chi connectivity index (χ4v) is 8.03. The number of hydrogen-bond acceptors (Lipinski definition) is 1. The van der Waals surface area contributed by atoms with E-state index in [9.17, 15) is 0 Å². The van der Waals surface area contributed by atoms with Crippen molar-refractivity contribution in [3.63, 3.8) is 0 Å². The summed E-state index contributed by atoms with van der Waals surface area (Å²) in [5, 5.41) is 0. The summed E-state index contributed by atoms with van der Waals surface area (Å²) < 4.78 is 0. The van der Waals surface area contributed by atoms with Crippen LogP contribution in [-0.4, -0.2) is 0 Å². The van der Waals surface area contributed by atoms with Crippen LogP contribution < -0.4 is 4.90 Å². The highest BCUT2D eigenvalue weighted by molar-refractivity contribution is 5.92. The van der Waals surface area contributed by atoms with Gasteiger partial charge in [0, 0.05) is 22.4 Å². The van der Waals surface area contributed by atoms with Gasteiger partial charge in [-0.1, -0.05) is 178 Å². The Morgan fingerprint density at radius 3 is 1.42 bits per heavy atom. The van der Waals surface area contributed by atoms with Gasteiger partial charge in [0.25, 0.3) is 0 Å². The first-order valence-corrected chi connectivity index (χ1v) is 18.1. The van der Waals surface area contributed by atoms with Gasteiger partial charge in [-0.05, 0) is 97.6 Å². The van der Waals surface area contributed by atoms with Crippen molar-refractivity contribution in [2.45, 2.75) is 19.3 Å². The largest absolute Gasteiger partial charge is 0.310 e. The number of anilines is 3. The Kier molecular flexibility index (Phi) is 7.90. The van der Waals surface area contributed by atoms with Crippen LogP contribution in [-0.2, 0) is 5.41 Å². The van der Waals surface area contributed by atoms with Gasteiger partial charge in [0.1, 0.15) is 0 Å². The summed E-state index contributed by atoms with van der Waals surface area (Å²) in [5.74, 6) is 0. The minimum absolute atomic E-state index is 0.187. The SMILES string of the molecule is CC1(C)c2cc(-c3ccccc3-c3ccccc3)ccc2-c2ccc(N(c3ccccc3)c3ccccc3-c3ccc(-c4ccccc4)cc3)cc21. The standard InChI is InChI=1S/C51H39N/c1-51(2)48-34-40(44-23-13-12-22-43(44)38-18-8-4-9-19-38)30-32-46(48)47-33-31-42(35-49(47)51)52(41-20-10-5-11-21-41)50-25-15-14-24-45(50)39-28-26-37(27-29-39)36-16-6-3-7-17-36/h3-35H,1-2H3. The Morgan fingerprint density at radius 2 is 0.750 bits per heavy atom. The number of benzene rings is 8. The van der Waals surface area contributed by atoms with Crippen LogP contribution >= 0.6 is 0 Å². The Labute approximate surface area is 307 Å². The summed E-state index contributed by atoms with van der Waals surface area (Å²) in [6.45, 7) is 4.76. The van der Waals surface area contributed by atoms with E-state index in [1.807, 2.05) is 0 Å². The molecule has 8 aromatic carbocycles. The van der Waals surface area contributed by atoms with Gasteiger partial charge in [0.05, 0.1) is 5.69 Å². The maximum Gasteiger partial charge on any atom is 0.0540 e. The van der Waals surface area contributed by atoms with Gasteiger partial charge < -0.3 is 4.90 Å². The summed E-state index contributed by atoms with van der Waals surface area (Å²) in [6.07, 6.45) is 0. The van der Waals surface area contributed by atoms with Crippen LogP contribution in [0.15, 0.2) is 200 Å². The average molecular weight is 666 g/mol. The van der Waals surface area contributed by atoms with Crippen LogP contribution in [0, 0.1) is 0 Å². The van der Waals surface area contributed by atoms with Crippen molar-refractivity contribution in [3.8, 4) is 55.6 Å². The van der Waals surface area contributed by atoms with E-state index in [0.29, 0.717) is 0 Å². The fourth-order valence-electron chi connectivity index (χ4n) is 8.03. The van der Waals surface area contributed by atoms with Gasteiger partial charge in [-0.3, -0.25) is 0 Å². The molecular weight excluding hydrogens is 627 g/mol.